The van der Waals surface area contributed by atoms with Gasteiger partial charge >= 0.3 is 0 Å². The van der Waals surface area contributed by atoms with Crippen LogP contribution in [0.2, 0.25) is 5.02 Å². The molecule has 29 heavy (non-hydrogen) atoms. The summed E-state index contributed by atoms with van der Waals surface area (Å²) in [6.07, 6.45) is 0. The van der Waals surface area contributed by atoms with Gasteiger partial charge < -0.3 is 4.42 Å². The summed E-state index contributed by atoms with van der Waals surface area (Å²) in [5.74, 6) is 1.18. The minimum absolute atomic E-state index is 0.467. The van der Waals surface area contributed by atoms with Gasteiger partial charge in [-0.2, -0.15) is 5.10 Å². The van der Waals surface area contributed by atoms with Gasteiger partial charge in [-0.3, -0.25) is 0 Å². The number of rotatable bonds is 3. The van der Waals surface area contributed by atoms with Crippen LogP contribution in [0.5, 0.6) is 0 Å². The summed E-state index contributed by atoms with van der Waals surface area (Å²) in [5, 5.41) is 6.98. The number of hydrogen-bond acceptors (Lipinski definition) is 5. The number of fused-ring (bicyclic) bond motifs is 1. The molecule has 5 nitrogen and oxygen atoms in total. The molecular formula is C23H21ClN4O. The molecule has 0 saturated carbocycles. The minimum Gasteiger partial charge on any atom is -0.456 e. The molecule has 4 aromatic rings. The van der Waals surface area contributed by atoms with Crippen LogP contribution in [0.3, 0.4) is 0 Å². The first-order chi connectivity index (χ1) is 13.9. The summed E-state index contributed by atoms with van der Waals surface area (Å²) in [5.41, 5.74) is 8.69. The van der Waals surface area contributed by atoms with Gasteiger partial charge in [0.25, 0.3) is 0 Å². The molecule has 0 atom stereocenters. The Bertz CT molecular complexity index is 1260. The van der Waals surface area contributed by atoms with Crippen LogP contribution in [0.1, 0.15) is 22.5 Å². The van der Waals surface area contributed by atoms with E-state index in [-0.39, 0.29) is 0 Å². The lowest BCUT2D eigenvalue weighted by Gasteiger charge is -2.09. The van der Waals surface area contributed by atoms with Crippen molar-refractivity contribution in [1.29, 1.82) is 0 Å². The lowest BCUT2D eigenvalue weighted by Crippen LogP contribution is -2.10. The van der Waals surface area contributed by atoms with Gasteiger partial charge in [0.1, 0.15) is 11.3 Å². The summed E-state index contributed by atoms with van der Waals surface area (Å²) in [6.45, 7) is 7.96. The Morgan fingerprint density at radius 1 is 0.897 bits per heavy atom. The Hall–Kier alpha value is -3.18. The van der Waals surface area contributed by atoms with Gasteiger partial charge in [-0.15, -0.1) is 0 Å². The second-order valence-corrected chi connectivity index (χ2v) is 7.60. The van der Waals surface area contributed by atoms with Gasteiger partial charge in [0, 0.05) is 33.4 Å². The second-order valence-electron chi connectivity index (χ2n) is 7.16. The van der Waals surface area contributed by atoms with Gasteiger partial charge in [-0.1, -0.05) is 17.7 Å². The van der Waals surface area contributed by atoms with Crippen LogP contribution in [0, 0.1) is 27.7 Å². The summed E-state index contributed by atoms with van der Waals surface area (Å²) >= 11 is 6.04. The van der Waals surface area contributed by atoms with Crippen LogP contribution in [0.25, 0.3) is 22.3 Å². The molecule has 0 saturated heterocycles. The normalized spacial score (nSPS) is 11.8. The minimum atomic E-state index is 0.467. The van der Waals surface area contributed by atoms with Crippen LogP contribution in [0.4, 0.5) is 5.95 Å². The lowest BCUT2D eigenvalue weighted by atomic mass is 10.1. The van der Waals surface area contributed by atoms with Gasteiger partial charge in [0.05, 0.1) is 5.36 Å². The van der Waals surface area contributed by atoms with Crippen molar-refractivity contribution < 1.29 is 4.42 Å². The zero-order chi connectivity index (χ0) is 20.5. The van der Waals surface area contributed by atoms with Gasteiger partial charge in [-0.05, 0) is 75.2 Å². The number of halogens is 1. The highest BCUT2D eigenvalue weighted by molar-refractivity contribution is 6.30. The van der Waals surface area contributed by atoms with Crippen molar-refractivity contribution in [3.05, 3.63) is 81.4 Å². The molecule has 2 aromatic carbocycles. The van der Waals surface area contributed by atoms with Crippen LogP contribution in [-0.2, 0) is 0 Å². The Morgan fingerprint density at radius 2 is 1.59 bits per heavy atom. The van der Waals surface area contributed by atoms with E-state index >= 15 is 0 Å². The Morgan fingerprint density at radius 3 is 2.28 bits per heavy atom. The molecule has 146 valence electrons. The Balaban J connectivity index is 1.91. The molecule has 0 aliphatic rings. The molecule has 0 amide bonds. The van der Waals surface area contributed by atoms with E-state index in [1.54, 1.807) is 0 Å². The summed E-state index contributed by atoms with van der Waals surface area (Å²) in [6, 6.07) is 15.6. The molecule has 4 rings (SSSR count). The van der Waals surface area contributed by atoms with Crippen molar-refractivity contribution in [3.8, 4) is 11.3 Å². The van der Waals surface area contributed by atoms with Crippen LogP contribution < -0.4 is 10.8 Å². The number of hydrogen-bond donors (Lipinski definition) is 1. The second kappa shape index (κ2) is 7.68. The standard InChI is InChI=1S/C23H21ClN4O/c1-13-9-14(2)22-19(10-13)20(27-28-23-25-15(3)11-16(4)26-23)12-21(29-22)17-5-7-18(24)8-6-17/h5-12H,1-4H3,(H,25,26,28)/b27-20+. The number of nitrogens with one attached hydrogen (secondary N) is 1. The maximum absolute atomic E-state index is 6.24. The highest BCUT2D eigenvalue weighted by Crippen LogP contribution is 2.26. The summed E-state index contributed by atoms with van der Waals surface area (Å²) in [7, 11) is 0. The third-order valence-corrected chi connectivity index (χ3v) is 4.81. The average molecular weight is 405 g/mol. The first-order valence-corrected chi connectivity index (χ1v) is 9.70. The monoisotopic (exact) mass is 404 g/mol. The number of aromatic nitrogens is 2. The van der Waals surface area contributed by atoms with Crippen LogP contribution >= 0.6 is 11.6 Å². The number of benzene rings is 2. The summed E-state index contributed by atoms with van der Waals surface area (Å²) < 4.78 is 6.24. The predicted molar refractivity (Wildman–Crippen MR) is 117 cm³/mol. The van der Waals surface area contributed by atoms with Crippen molar-refractivity contribution >= 4 is 28.5 Å². The molecule has 0 bridgehead atoms. The quantitative estimate of drug-likeness (QED) is 0.444. The van der Waals surface area contributed by atoms with E-state index in [0.717, 1.165) is 44.4 Å². The summed E-state index contributed by atoms with van der Waals surface area (Å²) in [4.78, 5) is 8.80. The number of nitrogens with zero attached hydrogens (tertiary/aromatic N) is 3. The van der Waals surface area contributed by atoms with Gasteiger partial charge in [0.15, 0.2) is 0 Å². The molecule has 0 aliphatic carbocycles. The van der Waals surface area contributed by atoms with Crippen molar-refractivity contribution in [2.24, 2.45) is 5.10 Å². The maximum atomic E-state index is 6.24. The van der Waals surface area contributed by atoms with E-state index in [1.807, 2.05) is 57.2 Å². The Kier molecular flexibility index (Phi) is 5.07. The largest absolute Gasteiger partial charge is 0.456 e. The number of aryl methyl sites for hydroxylation is 4. The van der Waals surface area contributed by atoms with Crippen LogP contribution in [0.15, 0.2) is 58.0 Å². The molecule has 2 aromatic heterocycles. The molecule has 0 radical (unpaired) electrons. The average Bonchev–Trinajstić information content (AvgIpc) is 2.66. The Labute approximate surface area is 174 Å². The third kappa shape index (κ3) is 4.15. The van der Waals surface area contributed by atoms with E-state index in [9.17, 15) is 0 Å². The maximum Gasteiger partial charge on any atom is 0.243 e. The van der Waals surface area contributed by atoms with E-state index in [1.165, 1.54) is 0 Å². The van der Waals surface area contributed by atoms with Gasteiger partial charge in [-0.25, -0.2) is 15.4 Å². The van der Waals surface area contributed by atoms with E-state index in [0.29, 0.717) is 16.7 Å². The first-order valence-electron chi connectivity index (χ1n) is 9.32. The molecule has 0 aliphatic heterocycles. The molecule has 6 heteroatoms. The van der Waals surface area contributed by atoms with Crippen molar-refractivity contribution in [2.75, 3.05) is 5.43 Å². The number of anilines is 1. The van der Waals surface area contributed by atoms with Crippen LogP contribution in [-0.4, -0.2) is 9.97 Å². The van der Waals surface area contributed by atoms with Crippen molar-refractivity contribution in [2.45, 2.75) is 27.7 Å². The zero-order valence-corrected chi connectivity index (χ0v) is 17.5. The third-order valence-electron chi connectivity index (χ3n) is 4.56. The fraction of sp³-hybridized carbons (Fsp3) is 0.174. The highest BCUT2D eigenvalue weighted by Gasteiger charge is 2.09. The van der Waals surface area contributed by atoms with E-state index < -0.39 is 0 Å². The van der Waals surface area contributed by atoms with Crippen molar-refractivity contribution in [1.82, 2.24) is 9.97 Å². The lowest BCUT2D eigenvalue weighted by molar-refractivity contribution is 0.615. The highest BCUT2D eigenvalue weighted by atomic mass is 35.5. The topological polar surface area (TPSA) is 63.3 Å². The predicted octanol–water partition coefficient (Wildman–Crippen LogP) is 5.70. The molecule has 0 unspecified atom stereocenters. The smallest absolute Gasteiger partial charge is 0.243 e. The SMILES string of the molecule is Cc1cc(C)c2oc(-c3ccc(Cl)cc3)c/c(=N\Nc3nc(C)cc(C)n3)c2c1. The van der Waals surface area contributed by atoms with E-state index in [4.69, 9.17) is 16.0 Å². The van der Waals surface area contributed by atoms with E-state index in [2.05, 4.69) is 39.6 Å². The molecule has 2 heterocycles. The molecule has 0 fully saturated rings. The fourth-order valence-electron chi connectivity index (χ4n) is 3.36. The molecule has 0 spiro atoms. The zero-order valence-electron chi connectivity index (χ0n) is 16.7. The fourth-order valence-corrected chi connectivity index (χ4v) is 3.48. The molecule has 1 N–H and O–H groups in total. The first kappa shape index (κ1) is 19.2. The molecular weight excluding hydrogens is 384 g/mol. The van der Waals surface area contributed by atoms with Crippen molar-refractivity contribution in [3.63, 3.8) is 0 Å². The van der Waals surface area contributed by atoms with Gasteiger partial charge in [0.2, 0.25) is 5.95 Å².